The van der Waals surface area contributed by atoms with Gasteiger partial charge in [-0.3, -0.25) is 0 Å². The van der Waals surface area contributed by atoms with Crippen molar-refractivity contribution < 1.29 is 0 Å². The van der Waals surface area contributed by atoms with E-state index in [1.807, 2.05) is 0 Å². The highest BCUT2D eigenvalue weighted by atomic mass is 15.2. The number of aryl methyl sites for hydroxylation is 2. The second-order valence-corrected chi connectivity index (χ2v) is 6.41. The fourth-order valence-corrected chi connectivity index (χ4v) is 3.16. The van der Waals surface area contributed by atoms with Crippen LogP contribution in [-0.4, -0.2) is 16.1 Å². The third kappa shape index (κ3) is 2.81. The molecule has 0 saturated carbocycles. The van der Waals surface area contributed by atoms with Gasteiger partial charge in [-0.15, -0.1) is 0 Å². The van der Waals surface area contributed by atoms with Crippen molar-refractivity contribution in [2.75, 3.05) is 11.9 Å². The van der Waals surface area contributed by atoms with Gasteiger partial charge in [-0.1, -0.05) is 41.5 Å². The van der Waals surface area contributed by atoms with Gasteiger partial charge in [0.25, 0.3) is 0 Å². The van der Waals surface area contributed by atoms with Gasteiger partial charge in [0.15, 0.2) is 0 Å². The van der Waals surface area contributed by atoms with E-state index in [1.54, 1.807) is 0 Å². The first-order valence-electron chi connectivity index (χ1n) is 8.41. The van der Waals surface area contributed by atoms with Gasteiger partial charge in [-0.25, -0.2) is 4.98 Å². The number of hydrogen-bond acceptors (Lipinski definition) is 3. The van der Waals surface area contributed by atoms with E-state index in [0.717, 1.165) is 48.2 Å². The molecule has 0 radical (unpaired) electrons. The molecule has 1 aromatic heterocycles. The molecule has 2 aromatic carbocycles. The molecule has 2 heterocycles. The summed E-state index contributed by atoms with van der Waals surface area (Å²) in [5.74, 6) is 2.17. The van der Waals surface area contributed by atoms with E-state index in [9.17, 15) is 0 Å². The Labute approximate surface area is 142 Å². The second-order valence-electron chi connectivity index (χ2n) is 6.41. The van der Waals surface area contributed by atoms with Gasteiger partial charge in [-0.2, -0.15) is 0 Å². The van der Waals surface area contributed by atoms with Gasteiger partial charge in [0.2, 0.25) is 0 Å². The molecule has 1 aliphatic rings. The molecule has 0 bridgehead atoms. The van der Waals surface area contributed by atoms with Crippen LogP contribution >= 0.6 is 0 Å². The van der Waals surface area contributed by atoms with Crippen LogP contribution in [0.5, 0.6) is 0 Å². The van der Waals surface area contributed by atoms with E-state index in [1.165, 1.54) is 11.1 Å². The van der Waals surface area contributed by atoms with Crippen molar-refractivity contribution in [2.45, 2.75) is 26.9 Å². The molecule has 1 aliphatic heterocycles. The Bertz CT molecular complexity index is 862. The van der Waals surface area contributed by atoms with Crippen molar-refractivity contribution in [3.05, 3.63) is 65.5 Å². The van der Waals surface area contributed by atoms with E-state index < -0.39 is 0 Å². The minimum Gasteiger partial charge on any atom is -0.340 e. The number of aromatic nitrogens is 2. The smallest absolute Gasteiger partial charge is 0.138 e. The molecule has 0 saturated heterocycles. The zero-order valence-electron chi connectivity index (χ0n) is 14.1. The molecule has 4 rings (SSSR count). The monoisotopic (exact) mass is 318 g/mol. The van der Waals surface area contributed by atoms with Crippen LogP contribution in [0.3, 0.4) is 0 Å². The Balaban J connectivity index is 1.81. The van der Waals surface area contributed by atoms with E-state index in [2.05, 4.69) is 77.6 Å². The van der Waals surface area contributed by atoms with Gasteiger partial charge in [0, 0.05) is 24.3 Å². The van der Waals surface area contributed by atoms with Crippen molar-refractivity contribution in [1.29, 1.82) is 0 Å². The lowest BCUT2D eigenvalue weighted by atomic mass is 10.1. The quantitative estimate of drug-likeness (QED) is 0.766. The van der Waals surface area contributed by atoms with Crippen LogP contribution in [0, 0.1) is 13.8 Å². The molecule has 122 valence electrons. The Morgan fingerprint density at radius 1 is 1.04 bits per heavy atom. The zero-order chi connectivity index (χ0) is 16.5. The summed E-state index contributed by atoms with van der Waals surface area (Å²) >= 11 is 0. The minimum atomic E-state index is 0.814. The molecule has 24 heavy (non-hydrogen) atoms. The minimum absolute atomic E-state index is 0.814. The number of nitrogens with one attached hydrogen (secondary N) is 2. The predicted octanol–water partition coefficient (Wildman–Crippen LogP) is 4.01. The van der Waals surface area contributed by atoms with Crippen LogP contribution in [0.2, 0.25) is 0 Å². The highest BCUT2D eigenvalue weighted by molar-refractivity contribution is 5.77. The standard InChI is InChI=1S/C20H22N4/c1-14-6-8-17(9-7-14)22-20-19(16-5-3-4-15(2)12-16)23-18-13-21-10-11-24(18)20/h3-9,12,21-22H,10-11,13H2,1-2H3. The molecule has 4 heteroatoms. The first-order chi connectivity index (χ1) is 11.7. The average Bonchev–Trinajstić information content (AvgIpc) is 2.96. The molecule has 0 atom stereocenters. The first kappa shape index (κ1) is 15.0. The third-order valence-electron chi connectivity index (χ3n) is 4.45. The van der Waals surface area contributed by atoms with E-state index in [-0.39, 0.29) is 0 Å². The summed E-state index contributed by atoms with van der Waals surface area (Å²) < 4.78 is 2.30. The maximum Gasteiger partial charge on any atom is 0.138 e. The van der Waals surface area contributed by atoms with Gasteiger partial charge in [0.1, 0.15) is 17.3 Å². The van der Waals surface area contributed by atoms with Gasteiger partial charge >= 0.3 is 0 Å². The molecular formula is C20H22N4. The van der Waals surface area contributed by atoms with Crippen molar-refractivity contribution in [3.8, 4) is 11.3 Å². The molecule has 0 fully saturated rings. The molecule has 0 unspecified atom stereocenters. The summed E-state index contributed by atoms with van der Waals surface area (Å²) in [5, 5.41) is 7.00. The Morgan fingerprint density at radius 3 is 2.67 bits per heavy atom. The summed E-state index contributed by atoms with van der Waals surface area (Å²) in [5.41, 5.74) is 5.79. The first-order valence-corrected chi connectivity index (χ1v) is 8.41. The fourth-order valence-electron chi connectivity index (χ4n) is 3.16. The lowest BCUT2D eigenvalue weighted by Crippen LogP contribution is -2.28. The van der Waals surface area contributed by atoms with E-state index >= 15 is 0 Å². The van der Waals surface area contributed by atoms with Crippen molar-refractivity contribution in [3.63, 3.8) is 0 Å². The Morgan fingerprint density at radius 2 is 1.88 bits per heavy atom. The summed E-state index contributed by atoms with van der Waals surface area (Å²) in [6.45, 7) is 6.94. The largest absolute Gasteiger partial charge is 0.340 e. The Hall–Kier alpha value is -2.59. The number of nitrogens with zero attached hydrogens (tertiary/aromatic N) is 2. The molecule has 4 nitrogen and oxygen atoms in total. The maximum absolute atomic E-state index is 4.91. The number of imidazole rings is 1. The lowest BCUT2D eigenvalue weighted by Gasteiger charge is -2.18. The topological polar surface area (TPSA) is 41.9 Å². The third-order valence-corrected chi connectivity index (χ3v) is 4.45. The van der Waals surface area contributed by atoms with Crippen LogP contribution in [0.25, 0.3) is 11.3 Å². The molecular weight excluding hydrogens is 296 g/mol. The number of hydrogen-bond donors (Lipinski definition) is 2. The lowest BCUT2D eigenvalue weighted by molar-refractivity contribution is 0.509. The summed E-state index contributed by atoms with van der Waals surface area (Å²) in [6.07, 6.45) is 0. The molecule has 0 amide bonds. The summed E-state index contributed by atoms with van der Waals surface area (Å²) in [4.78, 5) is 4.91. The maximum atomic E-state index is 4.91. The van der Waals surface area contributed by atoms with Gasteiger partial charge in [-0.05, 0) is 32.0 Å². The normalized spacial score (nSPS) is 13.6. The van der Waals surface area contributed by atoms with Gasteiger partial charge < -0.3 is 15.2 Å². The predicted molar refractivity (Wildman–Crippen MR) is 98.6 cm³/mol. The van der Waals surface area contributed by atoms with Crippen LogP contribution in [0.4, 0.5) is 11.5 Å². The summed E-state index contributed by atoms with van der Waals surface area (Å²) in [7, 11) is 0. The molecule has 0 aliphatic carbocycles. The van der Waals surface area contributed by atoms with E-state index in [4.69, 9.17) is 4.98 Å². The second kappa shape index (κ2) is 6.13. The fraction of sp³-hybridized carbons (Fsp3) is 0.250. The molecule has 3 aromatic rings. The van der Waals surface area contributed by atoms with Crippen LogP contribution < -0.4 is 10.6 Å². The van der Waals surface area contributed by atoms with Crippen LogP contribution in [-0.2, 0) is 13.1 Å². The van der Waals surface area contributed by atoms with Crippen LogP contribution in [0.1, 0.15) is 17.0 Å². The molecule has 0 spiro atoms. The molecule has 2 N–H and O–H groups in total. The number of fused-ring (bicyclic) bond motifs is 1. The van der Waals surface area contributed by atoms with E-state index in [0.29, 0.717) is 0 Å². The van der Waals surface area contributed by atoms with Crippen molar-refractivity contribution in [2.24, 2.45) is 0 Å². The number of rotatable bonds is 3. The highest BCUT2D eigenvalue weighted by Crippen LogP contribution is 2.32. The van der Waals surface area contributed by atoms with Gasteiger partial charge in [0.05, 0.1) is 6.54 Å². The number of benzene rings is 2. The zero-order valence-corrected chi connectivity index (χ0v) is 14.1. The summed E-state index contributed by atoms with van der Waals surface area (Å²) in [6, 6.07) is 17.0. The average molecular weight is 318 g/mol. The SMILES string of the molecule is Cc1ccc(Nc2c(-c3cccc(C)c3)nc3n2CCNC3)cc1. The number of anilines is 2. The highest BCUT2D eigenvalue weighted by Gasteiger charge is 2.20. The van der Waals surface area contributed by atoms with Crippen molar-refractivity contribution >= 4 is 11.5 Å². The van der Waals surface area contributed by atoms with Crippen LogP contribution in [0.15, 0.2) is 48.5 Å². The Kier molecular flexibility index (Phi) is 3.82. The van der Waals surface area contributed by atoms with Crippen molar-refractivity contribution in [1.82, 2.24) is 14.9 Å².